The summed E-state index contributed by atoms with van der Waals surface area (Å²) in [4.78, 5) is 1.55. The average molecular weight is 417 g/mol. The lowest BCUT2D eigenvalue weighted by Gasteiger charge is -2.17. The highest BCUT2D eigenvalue weighted by Gasteiger charge is 2.34. The minimum Gasteiger partial charge on any atom is -0.404 e. The van der Waals surface area contributed by atoms with Gasteiger partial charge in [-0.15, -0.1) is 13.2 Å². The van der Waals surface area contributed by atoms with Gasteiger partial charge in [0.15, 0.2) is 5.75 Å². The Morgan fingerprint density at radius 1 is 1.26 bits per heavy atom. The molecule has 0 atom stereocenters. The first-order valence-electron chi connectivity index (χ1n) is 6.95. The predicted octanol–water partition coefficient (Wildman–Crippen LogP) is 2.72. The van der Waals surface area contributed by atoms with Crippen LogP contribution >= 0.6 is 15.9 Å². The van der Waals surface area contributed by atoms with Gasteiger partial charge in [0.2, 0.25) is 10.0 Å². The second-order valence-corrected chi connectivity index (χ2v) is 7.74. The van der Waals surface area contributed by atoms with Crippen LogP contribution < -0.4 is 9.46 Å². The smallest absolute Gasteiger partial charge is 0.404 e. The van der Waals surface area contributed by atoms with Crippen LogP contribution in [0.5, 0.6) is 5.75 Å². The third kappa shape index (κ3) is 5.63. The summed E-state index contributed by atoms with van der Waals surface area (Å²) in [6.07, 6.45) is -2.83. The molecule has 1 fully saturated rings. The fraction of sp³-hybridized carbons (Fsp3) is 0.538. The Morgan fingerprint density at radius 3 is 2.52 bits per heavy atom. The molecule has 2 rings (SSSR count). The molecular formula is C13H16BrF3N2O3S. The molecule has 1 saturated heterocycles. The number of rotatable bonds is 6. The van der Waals surface area contributed by atoms with E-state index >= 15 is 0 Å². The normalized spacial score (nSPS) is 16.7. The second kappa shape index (κ2) is 7.37. The van der Waals surface area contributed by atoms with Gasteiger partial charge >= 0.3 is 6.36 Å². The highest BCUT2D eigenvalue weighted by atomic mass is 79.9. The van der Waals surface area contributed by atoms with E-state index < -0.39 is 27.0 Å². The van der Waals surface area contributed by atoms with Gasteiger partial charge in [0.25, 0.3) is 0 Å². The van der Waals surface area contributed by atoms with Crippen LogP contribution in [0.3, 0.4) is 0 Å². The number of benzene rings is 1. The van der Waals surface area contributed by atoms with Crippen LogP contribution in [0.25, 0.3) is 0 Å². The van der Waals surface area contributed by atoms with Crippen LogP contribution in [0.15, 0.2) is 27.6 Å². The zero-order valence-corrected chi connectivity index (χ0v) is 14.5. The standard InChI is InChI=1S/C13H16BrF3N2O3S/c14-10-3-4-12(11(9-10)22-13(15,16)17)23(20,21)18-5-8-19-6-1-2-7-19/h3-4,9,18H,1-2,5-8H2. The molecule has 0 aliphatic carbocycles. The maximum absolute atomic E-state index is 12.4. The molecule has 1 heterocycles. The summed E-state index contributed by atoms with van der Waals surface area (Å²) >= 11 is 3.00. The lowest BCUT2D eigenvalue weighted by atomic mass is 10.3. The van der Waals surface area contributed by atoms with Gasteiger partial charge in [-0.2, -0.15) is 0 Å². The van der Waals surface area contributed by atoms with Crippen molar-refractivity contribution >= 4 is 26.0 Å². The maximum atomic E-state index is 12.4. The van der Waals surface area contributed by atoms with E-state index in [0.29, 0.717) is 6.54 Å². The molecule has 0 bridgehead atoms. The van der Waals surface area contributed by atoms with Crippen molar-refractivity contribution in [2.75, 3.05) is 26.2 Å². The number of nitrogens with zero attached hydrogens (tertiary/aromatic N) is 1. The molecule has 23 heavy (non-hydrogen) atoms. The molecule has 130 valence electrons. The predicted molar refractivity (Wildman–Crippen MR) is 81.7 cm³/mol. The van der Waals surface area contributed by atoms with Crippen LogP contribution in [0, 0.1) is 0 Å². The highest BCUT2D eigenvalue weighted by molar-refractivity contribution is 9.10. The molecule has 1 aromatic rings. The Labute approximate surface area is 141 Å². The number of alkyl halides is 3. The molecule has 5 nitrogen and oxygen atoms in total. The van der Waals surface area contributed by atoms with E-state index in [2.05, 4.69) is 30.3 Å². The van der Waals surface area contributed by atoms with Crippen molar-refractivity contribution in [1.29, 1.82) is 0 Å². The summed E-state index contributed by atoms with van der Waals surface area (Å²) in [6, 6.07) is 3.39. The maximum Gasteiger partial charge on any atom is 0.573 e. The number of ether oxygens (including phenoxy) is 1. The van der Waals surface area contributed by atoms with Crippen LogP contribution in [0.4, 0.5) is 13.2 Å². The molecule has 1 aliphatic rings. The zero-order chi connectivity index (χ0) is 17.1. The molecule has 1 aromatic carbocycles. The Kier molecular flexibility index (Phi) is 5.93. The number of halogens is 4. The van der Waals surface area contributed by atoms with E-state index in [0.717, 1.165) is 38.1 Å². The third-order valence-electron chi connectivity index (χ3n) is 3.34. The first kappa shape index (κ1) is 18.5. The Morgan fingerprint density at radius 2 is 1.91 bits per heavy atom. The van der Waals surface area contributed by atoms with Crippen LogP contribution in [-0.2, 0) is 10.0 Å². The van der Waals surface area contributed by atoms with E-state index in [1.54, 1.807) is 0 Å². The van der Waals surface area contributed by atoms with Crippen molar-refractivity contribution in [1.82, 2.24) is 9.62 Å². The fourth-order valence-corrected chi connectivity index (χ4v) is 3.80. The second-order valence-electron chi connectivity index (χ2n) is 5.09. The van der Waals surface area contributed by atoms with Crippen LogP contribution in [0.2, 0.25) is 0 Å². The fourth-order valence-electron chi connectivity index (χ4n) is 2.33. The van der Waals surface area contributed by atoms with E-state index in [9.17, 15) is 21.6 Å². The topological polar surface area (TPSA) is 58.6 Å². The molecular weight excluding hydrogens is 401 g/mol. The molecule has 0 radical (unpaired) electrons. The van der Waals surface area contributed by atoms with Gasteiger partial charge in [0.05, 0.1) is 0 Å². The summed E-state index contributed by atoms with van der Waals surface area (Å²) < 4.78 is 68.2. The number of hydrogen-bond donors (Lipinski definition) is 1. The molecule has 1 aliphatic heterocycles. The number of sulfonamides is 1. The highest BCUT2D eigenvalue weighted by Crippen LogP contribution is 2.32. The average Bonchev–Trinajstić information content (AvgIpc) is 2.89. The first-order valence-corrected chi connectivity index (χ1v) is 9.22. The van der Waals surface area contributed by atoms with Gasteiger partial charge in [-0.3, -0.25) is 0 Å². The van der Waals surface area contributed by atoms with E-state index in [1.165, 1.54) is 6.07 Å². The SMILES string of the molecule is O=S(=O)(NCCN1CCCC1)c1ccc(Br)cc1OC(F)(F)F. The van der Waals surface area contributed by atoms with Crippen molar-refractivity contribution < 1.29 is 26.3 Å². The number of likely N-dealkylation sites (tertiary alicyclic amines) is 1. The van der Waals surface area contributed by atoms with Gasteiger partial charge in [0.1, 0.15) is 4.90 Å². The lowest BCUT2D eigenvalue weighted by Crippen LogP contribution is -2.34. The number of hydrogen-bond acceptors (Lipinski definition) is 4. The molecule has 0 unspecified atom stereocenters. The lowest BCUT2D eigenvalue weighted by molar-refractivity contribution is -0.275. The van der Waals surface area contributed by atoms with Gasteiger partial charge in [-0.25, -0.2) is 13.1 Å². The van der Waals surface area contributed by atoms with Crippen molar-refractivity contribution in [2.45, 2.75) is 24.1 Å². The van der Waals surface area contributed by atoms with Crippen molar-refractivity contribution in [3.63, 3.8) is 0 Å². The Bertz CT molecular complexity index is 646. The Balaban J connectivity index is 2.11. The molecule has 0 saturated carbocycles. The van der Waals surface area contributed by atoms with Gasteiger partial charge in [0, 0.05) is 17.6 Å². The van der Waals surface area contributed by atoms with E-state index in [4.69, 9.17) is 0 Å². The summed E-state index contributed by atoms with van der Waals surface area (Å²) in [5.41, 5.74) is 0. The molecule has 10 heteroatoms. The molecule has 0 spiro atoms. The van der Waals surface area contributed by atoms with Crippen LogP contribution in [0.1, 0.15) is 12.8 Å². The van der Waals surface area contributed by atoms with E-state index in [-0.39, 0.29) is 11.0 Å². The van der Waals surface area contributed by atoms with E-state index in [1.807, 2.05) is 0 Å². The molecule has 1 N–H and O–H groups in total. The minimum absolute atomic E-state index is 0.129. The van der Waals surface area contributed by atoms with Crippen LogP contribution in [-0.4, -0.2) is 45.9 Å². The van der Waals surface area contributed by atoms with Gasteiger partial charge < -0.3 is 9.64 Å². The summed E-state index contributed by atoms with van der Waals surface area (Å²) in [5, 5.41) is 0. The summed E-state index contributed by atoms with van der Waals surface area (Å²) in [6.45, 7) is 2.46. The summed E-state index contributed by atoms with van der Waals surface area (Å²) in [7, 11) is -4.09. The van der Waals surface area contributed by atoms with Crippen molar-refractivity contribution in [3.05, 3.63) is 22.7 Å². The van der Waals surface area contributed by atoms with Crippen molar-refractivity contribution in [3.8, 4) is 5.75 Å². The minimum atomic E-state index is -4.97. The Hall–Kier alpha value is -0.840. The summed E-state index contributed by atoms with van der Waals surface area (Å²) in [5.74, 6) is -0.763. The molecule has 0 aromatic heterocycles. The van der Waals surface area contributed by atoms with Gasteiger partial charge in [-0.1, -0.05) is 15.9 Å². The third-order valence-corrected chi connectivity index (χ3v) is 5.33. The molecule has 0 amide bonds. The number of nitrogens with one attached hydrogen (secondary N) is 1. The zero-order valence-electron chi connectivity index (χ0n) is 12.1. The van der Waals surface area contributed by atoms with Gasteiger partial charge in [-0.05, 0) is 44.1 Å². The quantitative estimate of drug-likeness (QED) is 0.774. The largest absolute Gasteiger partial charge is 0.573 e. The van der Waals surface area contributed by atoms with Crippen molar-refractivity contribution in [2.24, 2.45) is 0 Å². The first-order chi connectivity index (χ1) is 10.7. The monoisotopic (exact) mass is 416 g/mol.